The third kappa shape index (κ3) is 2.99. The molecule has 5 nitrogen and oxygen atoms in total. The molecule has 3 aromatic carbocycles. The van der Waals surface area contributed by atoms with Crippen LogP contribution in [0.4, 0.5) is 0 Å². The molecule has 26 heavy (non-hydrogen) atoms. The molecule has 0 spiro atoms. The van der Waals surface area contributed by atoms with Gasteiger partial charge >= 0.3 is 0 Å². The first-order valence-corrected chi connectivity index (χ1v) is 10.3. The van der Waals surface area contributed by atoms with E-state index in [4.69, 9.17) is 5.11 Å². The van der Waals surface area contributed by atoms with E-state index in [2.05, 4.69) is 4.90 Å². The molecule has 1 N–H and O–H groups in total. The van der Waals surface area contributed by atoms with Gasteiger partial charge < -0.3 is 5.11 Å². The number of sulfonamides is 1. The van der Waals surface area contributed by atoms with Crippen molar-refractivity contribution >= 4 is 31.6 Å². The van der Waals surface area contributed by atoms with Crippen molar-refractivity contribution in [2.75, 3.05) is 39.3 Å². The molecule has 1 fully saturated rings. The Balaban J connectivity index is 1.84. The predicted octanol–water partition coefficient (Wildman–Crippen LogP) is 2.29. The van der Waals surface area contributed by atoms with Crippen LogP contribution in [-0.2, 0) is 10.0 Å². The maximum absolute atomic E-state index is 13.5. The first-order chi connectivity index (χ1) is 12.6. The van der Waals surface area contributed by atoms with Gasteiger partial charge in [-0.15, -0.1) is 0 Å². The molecule has 0 aliphatic carbocycles. The van der Waals surface area contributed by atoms with Crippen LogP contribution in [0.1, 0.15) is 0 Å². The largest absolute Gasteiger partial charge is 0.395 e. The fraction of sp³-hybridized carbons (Fsp3) is 0.300. The second-order valence-corrected chi connectivity index (χ2v) is 8.49. The monoisotopic (exact) mass is 370 g/mol. The van der Waals surface area contributed by atoms with Crippen LogP contribution in [0.5, 0.6) is 0 Å². The van der Waals surface area contributed by atoms with Crippen LogP contribution in [0, 0.1) is 0 Å². The van der Waals surface area contributed by atoms with Crippen molar-refractivity contribution in [3.63, 3.8) is 0 Å². The van der Waals surface area contributed by atoms with Gasteiger partial charge in [-0.1, -0.05) is 48.5 Å². The van der Waals surface area contributed by atoms with E-state index in [9.17, 15) is 8.42 Å². The standard InChI is InChI=1S/C20H22N2O3S/c23-14-13-21-9-11-22(12-10-21)26(24,25)20-18-7-3-1-5-16(18)15-17-6-2-4-8-19(17)20/h1-8,15,23H,9-14H2. The lowest BCUT2D eigenvalue weighted by atomic mass is 10.0. The van der Waals surface area contributed by atoms with Crippen molar-refractivity contribution in [2.24, 2.45) is 0 Å². The first-order valence-electron chi connectivity index (χ1n) is 8.85. The molecule has 1 aliphatic heterocycles. The Hall–Kier alpha value is -1.99. The average molecular weight is 370 g/mol. The van der Waals surface area contributed by atoms with Crippen LogP contribution in [0.2, 0.25) is 0 Å². The van der Waals surface area contributed by atoms with Gasteiger partial charge in [-0.25, -0.2) is 8.42 Å². The SMILES string of the molecule is O=S(=O)(c1c2ccccc2cc2ccccc12)N1CCN(CCO)CC1. The van der Waals surface area contributed by atoms with Crippen molar-refractivity contribution in [3.05, 3.63) is 54.6 Å². The quantitative estimate of drug-likeness (QED) is 0.716. The number of piperazine rings is 1. The lowest BCUT2D eigenvalue weighted by molar-refractivity contribution is 0.151. The van der Waals surface area contributed by atoms with E-state index < -0.39 is 10.0 Å². The van der Waals surface area contributed by atoms with E-state index in [1.165, 1.54) is 0 Å². The fourth-order valence-corrected chi connectivity index (χ4v) is 5.54. The number of aliphatic hydroxyl groups is 1. The van der Waals surface area contributed by atoms with Gasteiger partial charge in [-0.3, -0.25) is 4.90 Å². The van der Waals surface area contributed by atoms with E-state index in [-0.39, 0.29) is 6.61 Å². The number of aliphatic hydroxyl groups excluding tert-OH is 1. The smallest absolute Gasteiger partial charge is 0.244 e. The molecule has 3 aromatic rings. The number of hydrogen-bond acceptors (Lipinski definition) is 4. The molecule has 4 rings (SSSR count). The van der Waals surface area contributed by atoms with E-state index in [1.807, 2.05) is 54.6 Å². The van der Waals surface area contributed by atoms with E-state index in [0.29, 0.717) is 37.6 Å². The van der Waals surface area contributed by atoms with Crippen LogP contribution >= 0.6 is 0 Å². The van der Waals surface area contributed by atoms with Crippen LogP contribution in [0.15, 0.2) is 59.5 Å². The summed E-state index contributed by atoms with van der Waals surface area (Å²) in [5.41, 5.74) is 0. The summed E-state index contributed by atoms with van der Waals surface area (Å²) in [6.07, 6.45) is 0. The Morgan fingerprint density at radius 3 is 1.92 bits per heavy atom. The van der Waals surface area contributed by atoms with Crippen LogP contribution in [0.3, 0.4) is 0 Å². The second kappa shape index (κ2) is 6.96. The van der Waals surface area contributed by atoms with Gasteiger partial charge in [0.25, 0.3) is 0 Å². The average Bonchev–Trinajstić information content (AvgIpc) is 2.66. The molecule has 0 radical (unpaired) electrons. The molecule has 1 saturated heterocycles. The number of rotatable bonds is 4. The molecule has 0 aromatic heterocycles. The van der Waals surface area contributed by atoms with E-state index in [1.54, 1.807) is 4.31 Å². The van der Waals surface area contributed by atoms with Crippen LogP contribution < -0.4 is 0 Å². The van der Waals surface area contributed by atoms with Crippen LogP contribution in [0.25, 0.3) is 21.5 Å². The Morgan fingerprint density at radius 2 is 1.38 bits per heavy atom. The molecule has 6 heteroatoms. The maximum Gasteiger partial charge on any atom is 0.244 e. The fourth-order valence-electron chi connectivity index (χ4n) is 3.71. The van der Waals surface area contributed by atoms with Gasteiger partial charge in [-0.2, -0.15) is 4.31 Å². The second-order valence-electron chi connectivity index (χ2n) is 6.62. The summed E-state index contributed by atoms with van der Waals surface area (Å²) in [7, 11) is -3.61. The third-order valence-electron chi connectivity index (χ3n) is 5.07. The molecule has 1 heterocycles. The minimum absolute atomic E-state index is 0.0979. The van der Waals surface area contributed by atoms with Crippen molar-refractivity contribution in [1.29, 1.82) is 0 Å². The topological polar surface area (TPSA) is 60.9 Å². The van der Waals surface area contributed by atoms with Gasteiger partial charge in [0, 0.05) is 43.5 Å². The molecule has 0 unspecified atom stereocenters. The minimum Gasteiger partial charge on any atom is -0.395 e. The lowest BCUT2D eigenvalue weighted by Crippen LogP contribution is -2.49. The Kier molecular flexibility index (Phi) is 4.67. The van der Waals surface area contributed by atoms with Crippen molar-refractivity contribution in [2.45, 2.75) is 4.90 Å². The van der Waals surface area contributed by atoms with Crippen molar-refractivity contribution in [3.8, 4) is 0 Å². The predicted molar refractivity (Wildman–Crippen MR) is 104 cm³/mol. The summed E-state index contributed by atoms with van der Waals surface area (Å²) in [6.45, 7) is 2.86. The van der Waals surface area contributed by atoms with Crippen molar-refractivity contribution in [1.82, 2.24) is 9.21 Å². The number of nitrogens with zero attached hydrogens (tertiary/aromatic N) is 2. The molecule has 1 aliphatic rings. The molecule has 136 valence electrons. The van der Waals surface area contributed by atoms with E-state index >= 15 is 0 Å². The minimum atomic E-state index is -3.61. The molecule has 0 amide bonds. The summed E-state index contributed by atoms with van der Waals surface area (Å²) in [6, 6.07) is 17.4. The Bertz CT molecular complexity index is 987. The van der Waals surface area contributed by atoms with Crippen LogP contribution in [-0.4, -0.2) is 62.1 Å². The van der Waals surface area contributed by atoms with Gasteiger partial charge in [0.15, 0.2) is 0 Å². The molecule has 0 bridgehead atoms. The zero-order valence-electron chi connectivity index (χ0n) is 14.5. The number of hydrogen-bond donors (Lipinski definition) is 1. The highest BCUT2D eigenvalue weighted by atomic mass is 32.2. The van der Waals surface area contributed by atoms with Gasteiger partial charge in [0.05, 0.1) is 11.5 Å². The summed E-state index contributed by atoms with van der Waals surface area (Å²) < 4.78 is 28.7. The Morgan fingerprint density at radius 1 is 0.846 bits per heavy atom. The van der Waals surface area contributed by atoms with Crippen molar-refractivity contribution < 1.29 is 13.5 Å². The summed E-state index contributed by atoms with van der Waals surface area (Å²) in [5.74, 6) is 0. The maximum atomic E-state index is 13.5. The first kappa shape index (κ1) is 17.4. The highest BCUT2D eigenvalue weighted by Crippen LogP contribution is 2.34. The molecular weight excluding hydrogens is 348 g/mol. The van der Waals surface area contributed by atoms with Gasteiger partial charge in [0.1, 0.15) is 0 Å². The summed E-state index contributed by atoms with van der Waals surface area (Å²) in [4.78, 5) is 2.49. The number of β-amino-alcohol motifs (C(OH)–C–C–N with tert-alkyl or cyclic N) is 1. The van der Waals surface area contributed by atoms with Gasteiger partial charge in [-0.05, 0) is 16.8 Å². The summed E-state index contributed by atoms with van der Waals surface area (Å²) in [5, 5.41) is 12.5. The lowest BCUT2D eigenvalue weighted by Gasteiger charge is -2.34. The number of fused-ring (bicyclic) bond motifs is 2. The van der Waals surface area contributed by atoms with Gasteiger partial charge in [0.2, 0.25) is 10.0 Å². The summed E-state index contributed by atoms with van der Waals surface area (Å²) >= 11 is 0. The number of benzene rings is 3. The third-order valence-corrected chi connectivity index (χ3v) is 7.07. The normalized spacial score (nSPS) is 17.1. The molecular formula is C20H22N2O3S. The highest BCUT2D eigenvalue weighted by molar-refractivity contribution is 7.89. The highest BCUT2D eigenvalue weighted by Gasteiger charge is 2.31. The zero-order valence-corrected chi connectivity index (χ0v) is 15.3. The molecule has 0 atom stereocenters. The van der Waals surface area contributed by atoms with E-state index in [0.717, 1.165) is 21.5 Å². The zero-order chi connectivity index (χ0) is 18.1. The Labute approximate surface area is 153 Å². The molecule has 0 saturated carbocycles.